The molecule has 1 amide bonds. The number of benzene rings is 1. The molecule has 0 aliphatic rings. The third-order valence-corrected chi connectivity index (χ3v) is 4.72. The first kappa shape index (κ1) is 21.3. The number of pyridine rings is 1. The predicted molar refractivity (Wildman–Crippen MR) is 103 cm³/mol. The molecule has 0 saturated heterocycles. The first-order chi connectivity index (χ1) is 14.1. The van der Waals surface area contributed by atoms with Gasteiger partial charge in [-0.15, -0.1) is 0 Å². The normalized spacial score (nSPS) is 11.2. The van der Waals surface area contributed by atoms with Crippen LogP contribution in [0.1, 0.15) is 38.6 Å². The number of amides is 1. The van der Waals surface area contributed by atoms with E-state index < -0.39 is 17.8 Å². The second-order valence-corrected chi connectivity index (χ2v) is 6.87. The Kier molecular flexibility index (Phi) is 5.80. The molecule has 0 atom stereocenters. The van der Waals surface area contributed by atoms with Crippen molar-refractivity contribution in [3.63, 3.8) is 0 Å². The van der Waals surface area contributed by atoms with Crippen LogP contribution in [0.4, 0.5) is 13.2 Å². The van der Waals surface area contributed by atoms with Crippen molar-refractivity contribution in [1.29, 1.82) is 5.26 Å². The predicted octanol–water partition coefficient (Wildman–Crippen LogP) is 4.36. The van der Waals surface area contributed by atoms with Crippen molar-refractivity contribution in [2.45, 2.75) is 26.6 Å². The zero-order valence-corrected chi connectivity index (χ0v) is 16.6. The molecule has 0 saturated carbocycles. The van der Waals surface area contributed by atoms with Gasteiger partial charge in [0.1, 0.15) is 11.8 Å². The highest BCUT2D eigenvalue weighted by atomic mass is 35.5. The summed E-state index contributed by atoms with van der Waals surface area (Å²) in [6.45, 7) is 3.39. The standard InChI is InChI=1S/C20H15ClF3N5O/c1-11-18(12(2)29(28-11)15-5-4-14(8-25)16(21)7-15)19(30)27-10-13-3-6-17(26-9-13)20(22,23)24/h3-7,9H,10H2,1-2H3,(H,27,30). The molecule has 10 heteroatoms. The lowest BCUT2D eigenvalue weighted by molar-refractivity contribution is -0.141. The van der Waals surface area contributed by atoms with Crippen LogP contribution in [0.5, 0.6) is 0 Å². The van der Waals surface area contributed by atoms with E-state index in [-0.39, 0.29) is 11.6 Å². The van der Waals surface area contributed by atoms with E-state index in [9.17, 15) is 18.0 Å². The lowest BCUT2D eigenvalue weighted by Crippen LogP contribution is -2.24. The van der Waals surface area contributed by atoms with Gasteiger partial charge in [0, 0.05) is 12.7 Å². The molecule has 2 aromatic heterocycles. The number of nitriles is 1. The molecule has 0 aliphatic carbocycles. The van der Waals surface area contributed by atoms with Gasteiger partial charge in [-0.3, -0.25) is 9.78 Å². The van der Waals surface area contributed by atoms with Crippen molar-refractivity contribution in [3.8, 4) is 11.8 Å². The molecule has 154 valence electrons. The van der Waals surface area contributed by atoms with Crippen LogP contribution in [0.15, 0.2) is 36.5 Å². The number of hydrogen-bond acceptors (Lipinski definition) is 4. The van der Waals surface area contributed by atoms with Crippen LogP contribution < -0.4 is 5.32 Å². The molecule has 2 heterocycles. The fraction of sp³-hybridized carbons (Fsp3) is 0.200. The van der Waals surface area contributed by atoms with Crippen molar-refractivity contribution in [3.05, 3.63) is 75.3 Å². The Morgan fingerprint density at radius 3 is 2.57 bits per heavy atom. The van der Waals surface area contributed by atoms with Crippen LogP contribution in [0.25, 0.3) is 5.69 Å². The van der Waals surface area contributed by atoms with E-state index in [1.165, 1.54) is 10.7 Å². The van der Waals surface area contributed by atoms with Crippen molar-refractivity contribution >= 4 is 17.5 Å². The summed E-state index contributed by atoms with van der Waals surface area (Å²) < 4.78 is 39.3. The van der Waals surface area contributed by atoms with Crippen molar-refractivity contribution < 1.29 is 18.0 Å². The highest BCUT2D eigenvalue weighted by Crippen LogP contribution is 2.27. The molecule has 30 heavy (non-hydrogen) atoms. The number of aromatic nitrogens is 3. The molecule has 1 N–H and O–H groups in total. The van der Waals surface area contributed by atoms with Gasteiger partial charge < -0.3 is 5.32 Å². The lowest BCUT2D eigenvalue weighted by atomic mass is 10.1. The quantitative estimate of drug-likeness (QED) is 0.662. The van der Waals surface area contributed by atoms with Gasteiger partial charge in [0.15, 0.2) is 0 Å². The fourth-order valence-electron chi connectivity index (χ4n) is 2.92. The average molecular weight is 434 g/mol. The van der Waals surface area contributed by atoms with Crippen LogP contribution in [-0.2, 0) is 12.7 Å². The van der Waals surface area contributed by atoms with Gasteiger partial charge in [0.25, 0.3) is 5.91 Å². The highest BCUT2D eigenvalue weighted by molar-refractivity contribution is 6.31. The zero-order chi connectivity index (χ0) is 22.1. The maximum atomic E-state index is 12.7. The Balaban J connectivity index is 1.79. The number of halogens is 4. The number of alkyl halides is 3. The number of hydrogen-bond donors (Lipinski definition) is 1. The maximum absolute atomic E-state index is 12.7. The second kappa shape index (κ2) is 8.16. The van der Waals surface area contributed by atoms with Crippen LogP contribution in [0.2, 0.25) is 5.02 Å². The number of nitrogens with one attached hydrogen (secondary N) is 1. The summed E-state index contributed by atoms with van der Waals surface area (Å²) in [6.07, 6.45) is -3.44. The fourth-order valence-corrected chi connectivity index (χ4v) is 3.13. The number of rotatable bonds is 4. The van der Waals surface area contributed by atoms with Gasteiger partial charge in [0.05, 0.1) is 33.2 Å². The van der Waals surface area contributed by atoms with Gasteiger partial charge in [-0.25, -0.2) is 4.68 Å². The molecule has 0 spiro atoms. The van der Waals surface area contributed by atoms with E-state index in [0.29, 0.717) is 33.8 Å². The summed E-state index contributed by atoms with van der Waals surface area (Å²) >= 11 is 6.08. The third-order valence-electron chi connectivity index (χ3n) is 4.40. The minimum Gasteiger partial charge on any atom is -0.348 e. The summed E-state index contributed by atoms with van der Waals surface area (Å²) in [5.74, 6) is -0.420. The minimum absolute atomic E-state index is 0.0106. The third kappa shape index (κ3) is 4.28. The van der Waals surface area contributed by atoms with Crippen LogP contribution >= 0.6 is 11.6 Å². The summed E-state index contributed by atoms with van der Waals surface area (Å²) in [5, 5.41) is 16.3. The summed E-state index contributed by atoms with van der Waals surface area (Å²) in [6, 6.07) is 8.91. The van der Waals surface area contributed by atoms with Crippen molar-refractivity contribution in [1.82, 2.24) is 20.1 Å². The van der Waals surface area contributed by atoms with Gasteiger partial charge in [0.2, 0.25) is 0 Å². The van der Waals surface area contributed by atoms with E-state index in [4.69, 9.17) is 16.9 Å². The molecule has 0 fully saturated rings. The molecule has 3 rings (SSSR count). The molecule has 0 bridgehead atoms. The molecule has 3 aromatic rings. The first-order valence-corrected chi connectivity index (χ1v) is 9.06. The number of carbonyl (C=O) groups excluding carboxylic acids is 1. The van der Waals surface area contributed by atoms with E-state index in [1.807, 2.05) is 6.07 Å². The number of aryl methyl sites for hydroxylation is 1. The van der Waals surface area contributed by atoms with Crippen LogP contribution in [0.3, 0.4) is 0 Å². The second-order valence-electron chi connectivity index (χ2n) is 6.47. The smallest absolute Gasteiger partial charge is 0.348 e. The molecule has 0 unspecified atom stereocenters. The largest absolute Gasteiger partial charge is 0.433 e. The van der Waals surface area contributed by atoms with Crippen molar-refractivity contribution in [2.75, 3.05) is 0 Å². The van der Waals surface area contributed by atoms with Crippen LogP contribution in [0, 0.1) is 25.2 Å². The SMILES string of the molecule is Cc1nn(-c2ccc(C#N)c(Cl)c2)c(C)c1C(=O)NCc1ccc(C(F)(F)F)nc1. The Morgan fingerprint density at radius 1 is 1.27 bits per heavy atom. The monoisotopic (exact) mass is 433 g/mol. The van der Waals surface area contributed by atoms with E-state index >= 15 is 0 Å². The summed E-state index contributed by atoms with van der Waals surface area (Å²) in [4.78, 5) is 16.0. The molecule has 6 nitrogen and oxygen atoms in total. The summed E-state index contributed by atoms with van der Waals surface area (Å²) in [5.41, 5.74) is 1.71. The average Bonchev–Trinajstić information content (AvgIpc) is 3.00. The van der Waals surface area contributed by atoms with E-state index in [0.717, 1.165) is 12.3 Å². The number of nitrogens with zero attached hydrogens (tertiary/aromatic N) is 4. The van der Waals surface area contributed by atoms with E-state index in [1.54, 1.807) is 32.0 Å². The zero-order valence-electron chi connectivity index (χ0n) is 15.9. The van der Waals surface area contributed by atoms with Crippen molar-refractivity contribution in [2.24, 2.45) is 0 Å². The number of carbonyl (C=O) groups is 1. The topological polar surface area (TPSA) is 83.6 Å². The minimum atomic E-state index is -4.51. The molecular formula is C20H15ClF3N5O. The van der Waals surface area contributed by atoms with E-state index in [2.05, 4.69) is 15.4 Å². The van der Waals surface area contributed by atoms with Gasteiger partial charge >= 0.3 is 6.18 Å². The molecule has 0 aliphatic heterocycles. The Labute approximate surface area is 174 Å². The van der Waals surface area contributed by atoms with Gasteiger partial charge in [-0.2, -0.15) is 23.5 Å². The molecule has 0 radical (unpaired) electrons. The Bertz CT molecular complexity index is 1150. The molecule has 1 aromatic carbocycles. The highest BCUT2D eigenvalue weighted by Gasteiger charge is 2.32. The first-order valence-electron chi connectivity index (χ1n) is 8.68. The lowest BCUT2D eigenvalue weighted by Gasteiger charge is -2.09. The van der Waals surface area contributed by atoms with Gasteiger partial charge in [-0.1, -0.05) is 17.7 Å². The Morgan fingerprint density at radius 2 is 2.00 bits per heavy atom. The summed E-state index contributed by atoms with van der Waals surface area (Å²) in [7, 11) is 0. The van der Waals surface area contributed by atoms with Gasteiger partial charge in [-0.05, 0) is 43.7 Å². The maximum Gasteiger partial charge on any atom is 0.433 e. The van der Waals surface area contributed by atoms with Crippen LogP contribution in [-0.4, -0.2) is 20.7 Å². The molecular weight excluding hydrogens is 419 g/mol. The Hall–Kier alpha value is -3.38.